The first-order valence-corrected chi connectivity index (χ1v) is 7.72. The van der Waals surface area contributed by atoms with Crippen molar-refractivity contribution in [3.05, 3.63) is 0 Å². The maximum Gasteiger partial charge on any atom is 0.0899 e. The van der Waals surface area contributed by atoms with Crippen molar-refractivity contribution in [3.8, 4) is 0 Å². The molecule has 21 heavy (non-hydrogen) atoms. The zero-order valence-corrected chi connectivity index (χ0v) is 14.9. The second-order valence-electron chi connectivity index (χ2n) is 6.28. The van der Waals surface area contributed by atoms with E-state index in [-0.39, 0.29) is 0 Å². The van der Waals surface area contributed by atoms with E-state index in [0.29, 0.717) is 13.2 Å². The van der Waals surface area contributed by atoms with E-state index in [1.807, 2.05) is 7.05 Å². The quantitative estimate of drug-likeness (QED) is 0.488. The van der Waals surface area contributed by atoms with Gasteiger partial charge in [-0.1, -0.05) is 0 Å². The Morgan fingerprint density at radius 1 is 0.762 bits per heavy atom. The third-order valence-electron chi connectivity index (χ3n) is 3.54. The van der Waals surface area contributed by atoms with Crippen molar-refractivity contribution in [3.63, 3.8) is 0 Å². The lowest BCUT2D eigenvalue weighted by molar-refractivity contribution is 0.0418. The lowest BCUT2D eigenvalue weighted by Crippen LogP contribution is -2.39. The van der Waals surface area contributed by atoms with Crippen LogP contribution in [0.4, 0.5) is 0 Å². The van der Waals surface area contributed by atoms with Crippen LogP contribution in [0.1, 0.15) is 0 Å². The Hall–Kier alpha value is -0.240. The summed E-state index contributed by atoms with van der Waals surface area (Å²) in [4.78, 5) is 9.06. The Balaban J connectivity index is 3.67. The van der Waals surface area contributed by atoms with Gasteiger partial charge in [0, 0.05) is 52.9 Å². The molecule has 0 aromatic rings. The van der Waals surface area contributed by atoms with E-state index < -0.39 is 6.10 Å². The zero-order valence-electron chi connectivity index (χ0n) is 14.9. The monoisotopic (exact) mass is 304 g/mol. The van der Waals surface area contributed by atoms with Crippen molar-refractivity contribution in [1.82, 2.24) is 19.6 Å². The molecule has 0 bridgehead atoms. The SMILES string of the molecule is COCC(O)CN(C)CCN(C)CCN(C)CCN(C)C. The lowest BCUT2D eigenvalue weighted by Gasteiger charge is -2.26. The molecule has 0 heterocycles. The Morgan fingerprint density at radius 2 is 1.19 bits per heavy atom. The lowest BCUT2D eigenvalue weighted by atomic mass is 10.3. The predicted molar refractivity (Wildman–Crippen MR) is 88.9 cm³/mol. The molecule has 0 aliphatic carbocycles. The normalized spacial score (nSPS) is 13.9. The molecule has 0 saturated carbocycles. The summed E-state index contributed by atoms with van der Waals surface area (Å²) in [6.45, 7) is 7.38. The van der Waals surface area contributed by atoms with Crippen molar-refractivity contribution < 1.29 is 9.84 Å². The van der Waals surface area contributed by atoms with Crippen LogP contribution >= 0.6 is 0 Å². The number of hydrogen-bond donors (Lipinski definition) is 1. The molecule has 1 atom stereocenters. The van der Waals surface area contributed by atoms with Crippen molar-refractivity contribution >= 4 is 0 Å². The molecule has 6 nitrogen and oxygen atoms in total. The molecule has 0 aliphatic rings. The third kappa shape index (κ3) is 13.2. The van der Waals surface area contributed by atoms with Crippen LogP contribution in [0, 0.1) is 0 Å². The van der Waals surface area contributed by atoms with Crippen molar-refractivity contribution in [2.24, 2.45) is 0 Å². The molecule has 128 valence electrons. The zero-order chi connectivity index (χ0) is 16.3. The maximum absolute atomic E-state index is 9.67. The molecule has 0 aliphatic heterocycles. The molecule has 6 heteroatoms. The van der Waals surface area contributed by atoms with Crippen LogP contribution < -0.4 is 0 Å². The van der Waals surface area contributed by atoms with Gasteiger partial charge in [0.1, 0.15) is 0 Å². The van der Waals surface area contributed by atoms with E-state index in [2.05, 4.69) is 47.8 Å². The fourth-order valence-electron chi connectivity index (χ4n) is 1.97. The summed E-state index contributed by atoms with van der Waals surface area (Å²) in [6, 6.07) is 0. The smallest absolute Gasteiger partial charge is 0.0899 e. The topological polar surface area (TPSA) is 42.4 Å². The highest BCUT2D eigenvalue weighted by Gasteiger charge is 2.09. The first-order chi connectivity index (χ1) is 9.85. The van der Waals surface area contributed by atoms with Gasteiger partial charge in [-0.2, -0.15) is 0 Å². The van der Waals surface area contributed by atoms with Crippen molar-refractivity contribution in [2.75, 3.05) is 94.8 Å². The number of methoxy groups -OCH3 is 1. The Morgan fingerprint density at radius 3 is 1.62 bits per heavy atom. The van der Waals surface area contributed by atoms with Crippen LogP contribution in [0.2, 0.25) is 0 Å². The minimum Gasteiger partial charge on any atom is -0.389 e. The van der Waals surface area contributed by atoms with Gasteiger partial charge >= 0.3 is 0 Å². The fourth-order valence-corrected chi connectivity index (χ4v) is 1.97. The van der Waals surface area contributed by atoms with Gasteiger partial charge in [0.15, 0.2) is 0 Å². The van der Waals surface area contributed by atoms with E-state index in [1.54, 1.807) is 7.11 Å². The van der Waals surface area contributed by atoms with Crippen LogP contribution in [-0.2, 0) is 4.74 Å². The summed E-state index contributed by atoms with van der Waals surface area (Å²) >= 11 is 0. The molecular formula is C15H36N4O2. The summed E-state index contributed by atoms with van der Waals surface area (Å²) in [5.74, 6) is 0. The highest BCUT2D eigenvalue weighted by atomic mass is 16.5. The molecule has 0 fully saturated rings. The van der Waals surface area contributed by atoms with Gasteiger partial charge in [-0.15, -0.1) is 0 Å². The van der Waals surface area contributed by atoms with E-state index >= 15 is 0 Å². The van der Waals surface area contributed by atoms with E-state index in [9.17, 15) is 5.11 Å². The molecule has 0 spiro atoms. The van der Waals surface area contributed by atoms with Gasteiger partial charge in [-0.3, -0.25) is 0 Å². The number of ether oxygens (including phenoxy) is 1. The van der Waals surface area contributed by atoms with Gasteiger partial charge in [-0.25, -0.2) is 0 Å². The first-order valence-electron chi connectivity index (χ1n) is 7.72. The van der Waals surface area contributed by atoms with Crippen LogP contribution in [0.15, 0.2) is 0 Å². The second kappa shape index (κ2) is 12.3. The van der Waals surface area contributed by atoms with Crippen LogP contribution in [-0.4, -0.2) is 126 Å². The second-order valence-corrected chi connectivity index (χ2v) is 6.28. The van der Waals surface area contributed by atoms with Crippen LogP contribution in [0.25, 0.3) is 0 Å². The van der Waals surface area contributed by atoms with Gasteiger partial charge < -0.3 is 29.4 Å². The average Bonchev–Trinajstić information content (AvgIpc) is 2.40. The number of nitrogens with zero attached hydrogens (tertiary/aromatic N) is 4. The summed E-state index contributed by atoms with van der Waals surface area (Å²) in [5.41, 5.74) is 0. The van der Waals surface area contributed by atoms with Crippen molar-refractivity contribution in [1.29, 1.82) is 0 Å². The molecule has 0 aromatic heterocycles. The molecule has 0 radical (unpaired) electrons. The highest BCUT2D eigenvalue weighted by Crippen LogP contribution is 1.93. The minimum atomic E-state index is -0.400. The van der Waals surface area contributed by atoms with Gasteiger partial charge in [0.2, 0.25) is 0 Å². The van der Waals surface area contributed by atoms with Crippen molar-refractivity contribution in [2.45, 2.75) is 6.10 Å². The Kier molecular flexibility index (Phi) is 12.2. The van der Waals surface area contributed by atoms with Crippen LogP contribution in [0.3, 0.4) is 0 Å². The minimum absolute atomic E-state index is 0.400. The van der Waals surface area contributed by atoms with Crippen LogP contribution in [0.5, 0.6) is 0 Å². The molecular weight excluding hydrogens is 268 g/mol. The largest absolute Gasteiger partial charge is 0.389 e. The highest BCUT2D eigenvalue weighted by molar-refractivity contribution is 4.64. The Labute approximate surface area is 131 Å². The molecule has 0 amide bonds. The molecule has 0 saturated heterocycles. The number of hydrogen-bond acceptors (Lipinski definition) is 6. The summed E-state index contributed by atoms with van der Waals surface area (Å²) < 4.78 is 4.94. The number of aliphatic hydroxyl groups is 1. The number of likely N-dealkylation sites (N-methyl/N-ethyl adjacent to an activating group) is 4. The Bertz CT molecular complexity index is 242. The predicted octanol–water partition coefficient (Wildman–Crippen LogP) is -0.649. The maximum atomic E-state index is 9.67. The number of aliphatic hydroxyl groups excluding tert-OH is 1. The van der Waals surface area contributed by atoms with E-state index in [0.717, 1.165) is 39.3 Å². The summed E-state index contributed by atoms with van der Waals surface area (Å²) in [7, 11) is 12.2. The van der Waals surface area contributed by atoms with E-state index in [4.69, 9.17) is 4.74 Å². The number of rotatable bonds is 13. The van der Waals surface area contributed by atoms with E-state index in [1.165, 1.54) is 0 Å². The molecule has 0 rings (SSSR count). The fraction of sp³-hybridized carbons (Fsp3) is 1.00. The molecule has 1 N–H and O–H groups in total. The van der Waals surface area contributed by atoms with Gasteiger partial charge in [0.25, 0.3) is 0 Å². The summed E-state index contributed by atoms with van der Waals surface area (Å²) in [6.07, 6.45) is -0.400. The standard InChI is InChI=1S/C15H36N4O2/c1-16(2)7-8-17(3)9-10-18(4)11-12-19(5)13-15(20)14-21-6/h15,20H,7-14H2,1-6H3. The molecule has 1 unspecified atom stereocenters. The molecule has 0 aromatic carbocycles. The first kappa shape index (κ1) is 20.8. The summed E-state index contributed by atoms with van der Waals surface area (Å²) in [5, 5.41) is 9.67. The van der Waals surface area contributed by atoms with Gasteiger partial charge in [-0.05, 0) is 35.2 Å². The van der Waals surface area contributed by atoms with Gasteiger partial charge in [0.05, 0.1) is 12.7 Å². The average molecular weight is 304 g/mol. The third-order valence-corrected chi connectivity index (χ3v) is 3.54.